The number of benzene rings is 2. The molecule has 5 rings (SSSR count). The number of ether oxygens (including phenoxy) is 8. The lowest BCUT2D eigenvalue weighted by Gasteiger charge is -2.24. The van der Waals surface area contributed by atoms with Crippen molar-refractivity contribution in [1.82, 2.24) is 5.32 Å². The zero-order valence-electron chi connectivity index (χ0n) is 26.9. The fourth-order valence-electron chi connectivity index (χ4n) is 5.93. The molecule has 2 aromatic carbocycles. The number of esters is 2. The Kier molecular flexibility index (Phi) is 10.1. The van der Waals surface area contributed by atoms with Crippen LogP contribution in [0.4, 0.5) is 0 Å². The van der Waals surface area contributed by atoms with Crippen LogP contribution in [0.5, 0.6) is 34.5 Å². The third-order valence-corrected chi connectivity index (χ3v) is 8.17. The first-order valence-electron chi connectivity index (χ1n) is 14.9. The van der Waals surface area contributed by atoms with Crippen LogP contribution in [0, 0.1) is 0 Å². The SMILES string of the molecule is COc1cc2c(c(OC)c1OC)CCC(C(=O)OCC1=CC=CC(COC(=O)C3=Cc4cc(OC)c(OC)c(OC)c4CC3)N1)=C2. The molecular formula is C35H39NO10. The fraction of sp³-hybridized carbons (Fsp3) is 0.371. The van der Waals surface area contributed by atoms with Crippen molar-refractivity contribution in [3.05, 3.63) is 69.5 Å². The minimum Gasteiger partial charge on any atom is -0.493 e. The van der Waals surface area contributed by atoms with E-state index in [1.165, 1.54) is 0 Å². The molecule has 3 aliphatic rings. The number of dihydropyridines is 1. The van der Waals surface area contributed by atoms with Crippen LogP contribution in [0.25, 0.3) is 12.2 Å². The lowest BCUT2D eigenvalue weighted by molar-refractivity contribution is -0.139. The second kappa shape index (κ2) is 14.4. The minimum absolute atomic E-state index is 0.0438. The molecule has 0 saturated heterocycles. The molecule has 0 amide bonds. The predicted molar refractivity (Wildman–Crippen MR) is 171 cm³/mol. The first-order valence-corrected chi connectivity index (χ1v) is 14.9. The van der Waals surface area contributed by atoms with E-state index in [4.69, 9.17) is 37.9 Å². The van der Waals surface area contributed by atoms with Crippen LogP contribution in [0.3, 0.4) is 0 Å². The summed E-state index contributed by atoms with van der Waals surface area (Å²) in [5.41, 5.74) is 5.35. The summed E-state index contributed by atoms with van der Waals surface area (Å²) in [5.74, 6) is 2.48. The highest BCUT2D eigenvalue weighted by molar-refractivity contribution is 5.96. The Labute approximate surface area is 268 Å². The zero-order chi connectivity index (χ0) is 32.8. The van der Waals surface area contributed by atoms with Gasteiger partial charge in [-0.15, -0.1) is 0 Å². The van der Waals surface area contributed by atoms with Crippen molar-refractivity contribution in [3.8, 4) is 34.5 Å². The van der Waals surface area contributed by atoms with E-state index < -0.39 is 11.9 Å². The van der Waals surface area contributed by atoms with E-state index in [1.807, 2.05) is 36.4 Å². The first kappa shape index (κ1) is 32.3. The van der Waals surface area contributed by atoms with E-state index in [-0.39, 0.29) is 19.3 Å². The Morgan fingerprint density at radius 3 is 1.65 bits per heavy atom. The van der Waals surface area contributed by atoms with E-state index in [2.05, 4.69) is 5.32 Å². The molecular weight excluding hydrogens is 594 g/mol. The summed E-state index contributed by atoms with van der Waals surface area (Å²) in [5, 5.41) is 3.27. The van der Waals surface area contributed by atoms with Crippen LogP contribution in [0.1, 0.15) is 35.1 Å². The van der Waals surface area contributed by atoms with Crippen molar-refractivity contribution in [1.29, 1.82) is 0 Å². The minimum atomic E-state index is -0.407. The Morgan fingerprint density at radius 1 is 0.674 bits per heavy atom. The topological polar surface area (TPSA) is 120 Å². The van der Waals surface area contributed by atoms with E-state index in [1.54, 1.807) is 48.7 Å². The second-order valence-corrected chi connectivity index (χ2v) is 10.8. The average Bonchev–Trinajstić information content (AvgIpc) is 3.10. The van der Waals surface area contributed by atoms with E-state index in [9.17, 15) is 9.59 Å². The quantitative estimate of drug-likeness (QED) is 0.331. The second-order valence-electron chi connectivity index (χ2n) is 10.8. The molecule has 46 heavy (non-hydrogen) atoms. The molecule has 1 unspecified atom stereocenters. The summed E-state index contributed by atoms with van der Waals surface area (Å²) in [6.07, 6.45) is 11.4. The van der Waals surface area contributed by atoms with Gasteiger partial charge in [-0.25, -0.2) is 9.59 Å². The van der Waals surface area contributed by atoms with Crippen LogP contribution in [-0.2, 0) is 31.9 Å². The molecule has 2 aliphatic carbocycles. The maximum atomic E-state index is 13.0. The summed E-state index contributed by atoms with van der Waals surface area (Å²) in [6.45, 7) is 0.150. The summed E-state index contributed by atoms with van der Waals surface area (Å²) in [7, 11) is 9.40. The molecule has 244 valence electrons. The Bertz CT molecular complexity index is 1630. The number of hydrogen-bond donors (Lipinski definition) is 1. The lowest BCUT2D eigenvalue weighted by atomic mass is 9.90. The molecule has 1 atom stereocenters. The lowest BCUT2D eigenvalue weighted by Crippen LogP contribution is -2.35. The molecule has 2 aromatic rings. The molecule has 0 spiro atoms. The van der Waals surface area contributed by atoms with E-state index in [0.717, 1.165) is 22.3 Å². The van der Waals surface area contributed by atoms with Crippen molar-refractivity contribution in [3.63, 3.8) is 0 Å². The average molecular weight is 634 g/mol. The molecule has 1 N–H and O–H groups in total. The number of rotatable bonds is 12. The van der Waals surface area contributed by atoms with Gasteiger partial charge >= 0.3 is 11.9 Å². The largest absolute Gasteiger partial charge is 0.493 e. The fourth-order valence-corrected chi connectivity index (χ4v) is 5.93. The van der Waals surface area contributed by atoms with Crippen LogP contribution < -0.4 is 33.7 Å². The molecule has 0 bridgehead atoms. The summed E-state index contributed by atoms with van der Waals surface area (Å²) >= 11 is 0. The predicted octanol–water partition coefficient (Wildman–Crippen LogP) is 4.60. The Balaban J connectivity index is 1.17. The molecule has 11 heteroatoms. The van der Waals surface area contributed by atoms with Gasteiger partial charge in [-0.3, -0.25) is 0 Å². The number of hydrogen-bond acceptors (Lipinski definition) is 11. The Hall–Kier alpha value is -5.06. The monoisotopic (exact) mass is 633 g/mol. The van der Waals surface area contributed by atoms with Crippen molar-refractivity contribution in [2.45, 2.75) is 31.7 Å². The summed E-state index contributed by atoms with van der Waals surface area (Å²) in [4.78, 5) is 26.0. The molecule has 1 aliphatic heterocycles. The molecule has 11 nitrogen and oxygen atoms in total. The maximum absolute atomic E-state index is 13.0. The number of methoxy groups -OCH3 is 6. The Morgan fingerprint density at radius 2 is 1.17 bits per heavy atom. The molecule has 0 aromatic heterocycles. The number of nitrogens with one attached hydrogen (secondary N) is 1. The number of carbonyl (C=O) groups excluding carboxylic acids is 2. The van der Waals surface area contributed by atoms with Gasteiger partial charge in [-0.2, -0.15) is 0 Å². The zero-order valence-corrected chi connectivity index (χ0v) is 26.9. The third kappa shape index (κ3) is 6.49. The number of fused-ring (bicyclic) bond motifs is 2. The highest BCUT2D eigenvalue weighted by Gasteiger charge is 2.27. The van der Waals surface area contributed by atoms with Gasteiger partial charge in [0.2, 0.25) is 11.5 Å². The van der Waals surface area contributed by atoms with Gasteiger partial charge in [0.15, 0.2) is 23.0 Å². The number of carbonyl (C=O) groups is 2. The highest BCUT2D eigenvalue weighted by atomic mass is 16.5. The normalized spacial score (nSPS) is 16.3. The molecule has 0 saturated carbocycles. The van der Waals surface area contributed by atoms with Crippen LogP contribution in [0.15, 0.2) is 47.2 Å². The van der Waals surface area contributed by atoms with Crippen molar-refractivity contribution < 1.29 is 47.5 Å². The smallest absolute Gasteiger partial charge is 0.334 e. The van der Waals surface area contributed by atoms with Crippen molar-refractivity contribution >= 4 is 24.1 Å². The van der Waals surface area contributed by atoms with Crippen molar-refractivity contribution in [2.24, 2.45) is 0 Å². The first-order chi connectivity index (χ1) is 22.3. The van der Waals surface area contributed by atoms with Gasteiger partial charge in [0.05, 0.1) is 48.7 Å². The van der Waals surface area contributed by atoms with Gasteiger partial charge in [0, 0.05) is 28.0 Å². The number of allylic oxidation sites excluding steroid dienone is 2. The van der Waals surface area contributed by atoms with Gasteiger partial charge in [-0.05, 0) is 67.2 Å². The standard InChI is InChI=1S/C35H39NO10/c1-39-28-16-22-14-20(10-12-26(22)30(41-3)32(28)43-5)34(37)45-18-24-8-7-9-25(36-24)19-46-35(38)21-11-13-27-23(15-21)17-29(40-2)33(44-6)31(27)42-4/h7-9,14-17,24,36H,10-13,18-19H2,1-6H3. The molecule has 0 fully saturated rings. The van der Waals surface area contributed by atoms with Gasteiger partial charge < -0.3 is 43.2 Å². The van der Waals surface area contributed by atoms with Crippen molar-refractivity contribution in [2.75, 3.05) is 55.9 Å². The van der Waals surface area contributed by atoms with Crippen LogP contribution >= 0.6 is 0 Å². The van der Waals surface area contributed by atoms with Gasteiger partial charge in [-0.1, -0.05) is 12.2 Å². The van der Waals surface area contributed by atoms with Crippen LogP contribution in [-0.4, -0.2) is 73.9 Å². The van der Waals surface area contributed by atoms with Gasteiger partial charge in [0.1, 0.15) is 13.2 Å². The van der Waals surface area contributed by atoms with Crippen LogP contribution in [0.2, 0.25) is 0 Å². The summed E-state index contributed by atoms with van der Waals surface area (Å²) < 4.78 is 44.4. The summed E-state index contributed by atoms with van der Waals surface area (Å²) in [6, 6.07) is 3.39. The highest BCUT2D eigenvalue weighted by Crippen LogP contribution is 2.46. The molecule has 0 radical (unpaired) electrons. The maximum Gasteiger partial charge on any atom is 0.334 e. The van der Waals surface area contributed by atoms with E-state index >= 15 is 0 Å². The van der Waals surface area contributed by atoms with E-state index in [0.29, 0.717) is 77.0 Å². The van der Waals surface area contributed by atoms with Gasteiger partial charge in [0.25, 0.3) is 0 Å². The molecule has 1 heterocycles. The third-order valence-electron chi connectivity index (χ3n) is 8.17.